The molecule has 0 aromatic heterocycles. The van der Waals surface area contributed by atoms with Gasteiger partial charge in [-0.25, -0.2) is 22.0 Å². The highest BCUT2D eigenvalue weighted by molar-refractivity contribution is 7.92. The van der Waals surface area contributed by atoms with Gasteiger partial charge in [-0.05, 0) is 49.6 Å². The van der Waals surface area contributed by atoms with E-state index in [0.717, 1.165) is 6.07 Å². The Morgan fingerprint density at radius 3 is 2.41 bits per heavy atom. The molecule has 8 heteroatoms. The Morgan fingerprint density at radius 1 is 1.19 bits per heavy atom. The first kappa shape index (κ1) is 19.3. The number of sulfone groups is 1. The standard InChI is InChI=1S/C19H19F2NO4S/c1-2-26-19(23)18(22-17-10-5-13(20)11-16(17)21)12-3-6-14(7-4-12)27(24,25)15-8-9-15/h3-7,10-11,15,18,22H,2,8-9H2,1H3. The largest absolute Gasteiger partial charge is 0.464 e. The van der Waals surface area contributed by atoms with Crippen molar-refractivity contribution in [2.24, 2.45) is 0 Å². The fourth-order valence-corrected chi connectivity index (χ4v) is 4.34. The lowest BCUT2D eigenvalue weighted by Crippen LogP contribution is -2.24. The number of nitrogens with one attached hydrogen (secondary N) is 1. The third-order valence-electron chi connectivity index (χ3n) is 4.26. The van der Waals surface area contributed by atoms with E-state index >= 15 is 0 Å². The van der Waals surface area contributed by atoms with Crippen LogP contribution in [0.3, 0.4) is 0 Å². The number of esters is 1. The maximum atomic E-state index is 14.0. The Bertz CT molecular complexity index is 941. The molecule has 2 aromatic carbocycles. The van der Waals surface area contributed by atoms with Gasteiger partial charge in [-0.2, -0.15) is 0 Å². The third kappa shape index (κ3) is 4.27. The molecule has 3 rings (SSSR count). The number of carbonyl (C=O) groups excluding carboxylic acids is 1. The molecule has 0 radical (unpaired) electrons. The van der Waals surface area contributed by atoms with Gasteiger partial charge in [0.05, 0.1) is 22.4 Å². The summed E-state index contributed by atoms with van der Waals surface area (Å²) >= 11 is 0. The Hall–Kier alpha value is -2.48. The van der Waals surface area contributed by atoms with E-state index in [9.17, 15) is 22.0 Å². The lowest BCUT2D eigenvalue weighted by Gasteiger charge is -2.19. The summed E-state index contributed by atoms with van der Waals surface area (Å²) in [6.45, 7) is 1.76. The zero-order valence-corrected chi connectivity index (χ0v) is 15.4. The van der Waals surface area contributed by atoms with Crippen molar-refractivity contribution in [1.29, 1.82) is 0 Å². The van der Waals surface area contributed by atoms with Crippen molar-refractivity contribution >= 4 is 21.5 Å². The van der Waals surface area contributed by atoms with E-state index in [2.05, 4.69) is 5.32 Å². The van der Waals surface area contributed by atoms with Crippen molar-refractivity contribution in [3.8, 4) is 0 Å². The van der Waals surface area contributed by atoms with Gasteiger partial charge >= 0.3 is 5.97 Å². The van der Waals surface area contributed by atoms with Gasteiger partial charge in [0, 0.05) is 6.07 Å². The van der Waals surface area contributed by atoms with Gasteiger partial charge in [0.2, 0.25) is 0 Å². The number of hydrogen-bond donors (Lipinski definition) is 1. The summed E-state index contributed by atoms with van der Waals surface area (Å²) in [6.07, 6.45) is 1.31. The van der Waals surface area contributed by atoms with E-state index in [1.807, 2.05) is 0 Å². The maximum absolute atomic E-state index is 14.0. The second-order valence-electron chi connectivity index (χ2n) is 6.27. The second kappa shape index (κ2) is 7.64. The van der Waals surface area contributed by atoms with Crippen LogP contribution < -0.4 is 5.32 Å². The van der Waals surface area contributed by atoms with Crippen molar-refractivity contribution < 1.29 is 26.7 Å². The quantitative estimate of drug-likeness (QED) is 0.725. The molecule has 1 aliphatic carbocycles. The Balaban J connectivity index is 1.89. The van der Waals surface area contributed by atoms with E-state index in [-0.39, 0.29) is 22.4 Å². The molecule has 27 heavy (non-hydrogen) atoms. The van der Waals surface area contributed by atoms with E-state index < -0.39 is 33.5 Å². The van der Waals surface area contributed by atoms with Crippen molar-refractivity contribution in [1.82, 2.24) is 0 Å². The number of halogens is 2. The number of ether oxygens (including phenoxy) is 1. The summed E-state index contributed by atoms with van der Waals surface area (Å²) in [5.41, 5.74) is 0.344. The summed E-state index contributed by atoms with van der Waals surface area (Å²) in [4.78, 5) is 12.5. The van der Waals surface area contributed by atoms with Gasteiger partial charge in [-0.1, -0.05) is 12.1 Å². The molecule has 1 saturated carbocycles. The normalized spacial score (nSPS) is 15.2. The smallest absolute Gasteiger partial charge is 0.333 e. The fraction of sp³-hybridized carbons (Fsp3) is 0.316. The summed E-state index contributed by atoms with van der Waals surface area (Å²) in [7, 11) is -3.35. The summed E-state index contributed by atoms with van der Waals surface area (Å²) in [5, 5.41) is 2.37. The van der Waals surface area contributed by atoms with Crippen molar-refractivity contribution in [2.75, 3.05) is 11.9 Å². The van der Waals surface area contributed by atoms with Crippen LogP contribution in [0.2, 0.25) is 0 Å². The molecule has 0 bridgehead atoms. The van der Waals surface area contributed by atoms with Crippen LogP contribution >= 0.6 is 0 Å². The minimum absolute atomic E-state index is 0.0656. The molecule has 5 nitrogen and oxygen atoms in total. The second-order valence-corrected chi connectivity index (χ2v) is 8.50. The molecule has 0 spiro atoms. The van der Waals surface area contributed by atoms with Crippen LogP contribution in [0.15, 0.2) is 47.4 Å². The highest BCUT2D eigenvalue weighted by Gasteiger charge is 2.37. The highest BCUT2D eigenvalue weighted by Crippen LogP contribution is 2.34. The molecular formula is C19H19F2NO4S. The number of anilines is 1. The van der Waals surface area contributed by atoms with Crippen LogP contribution in [0, 0.1) is 11.6 Å². The number of carbonyl (C=O) groups is 1. The first-order valence-electron chi connectivity index (χ1n) is 8.55. The van der Waals surface area contributed by atoms with Crippen molar-refractivity contribution in [3.63, 3.8) is 0 Å². The zero-order valence-electron chi connectivity index (χ0n) is 14.6. The van der Waals surface area contributed by atoms with Crippen LogP contribution in [0.4, 0.5) is 14.5 Å². The van der Waals surface area contributed by atoms with Gasteiger partial charge in [0.1, 0.15) is 11.6 Å². The number of benzene rings is 2. The molecule has 0 heterocycles. The van der Waals surface area contributed by atoms with E-state index in [0.29, 0.717) is 24.5 Å². The molecular weight excluding hydrogens is 376 g/mol. The average Bonchev–Trinajstić information content (AvgIpc) is 3.47. The van der Waals surface area contributed by atoms with E-state index in [4.69, 9.17) is 4.74 Å². The number of hydrogen-bond acceptors (Lipinski definition) is 5. The van der Waals surface area contributed by atoms with Gasteiger partial charge < -0.3 is 10.1 Å². The van der Waals surface area contributed by atoms with Gasteiger partial charge in [0.25, 0.3) is 0 Å². The van der Waals surface area contributed by atoms with Crippen LogP contribution in [-0.2, 0) is 19.4 Å². The molecule has 1 unspecified atom stereocenters. The van der Waals surface area contributed by atoms with Crippen LogP contribution in [0.5, 0.6) is 0 Å². The molecule has 0 amide bonds. The predicted octanol–water partition coefficient (Wildman–Crippen LogP) is 3.62. The topological polar surface area (TPSA) is 72.5 Å². The van der Waals surface area contributed by atoms with Crippen LogP contribution in [-0.4, -0.2) is 26.2 Å². The summed E-state index contributed by atoms with van der Waals surface area (Å²) in [5.74, 6) is -2.24. The lowest BCUT2D eigenvalue weighted by atomic mass is 10.1. The van der Waals surface area contributed by atoms with E-state index in [1.54, 1.807) is 6.92 Å². The van der Waals surface area contributed by atoms with Crippen molar-refractivity contribution in [3.05, 3.63) is 59.7 Å². The molecule has 2 aromatic rings. The molecule has 1 fully saturated rings. The third-order valence-corrected chi connectivity index (χ3v) is 6.54. The highest BCUT2D eigenvalue weighted by atomic mass is 32.2. The van der Waals surface area contributed by atoms with Crippen LogP contribution in [0.1, 0.15) is 31.4 Å². The maximum Gasteiger partial charge on any atom is 0.333 e. The Morgan fingerprint density at radius 2 is 1.85 bits per heavy atom. The predicted molar refractivity (Wildman–Crippen MR) is 96.0 cm³/mol. The molecule has 1 atom stereocenters. The molecule has 0 saturated heterocycles. The number of rotatable bonds is 7. The monoisotopic (exact) mass is 395 g/mol. The average molecular weight is 395 g/mol. The first-order chi connectivity index (χ1) is 12.8. The lowest BCUT2D eigenvalue weighted by molar-refractivity contribution is -0.144. The summed E-state index contributed by atoms with van der Waals surface area (Å²) in [6, 6.07) is 7.73. The van der Waals surface area contributed by atoms with Gasteiger partial charge in [-0.3, -0.25) is 0 Å². The molecule has 1 aliphatic rings. The first-order valence-corrected chi connectivity index (χ1v) is 10.1. The fourth-order valence-electron chi connectivity index (χ4n) is 2.69. The Labute approximate surface area is 156 Å². The van der Waals surface area contributed by atoms with E-state index in [1.165, 1.54) is 30.3 Å². The summed E-state index contributed by atoms with van der Waals surface area (Å²) < 4.78 is 56.7. The molecule has 1 N–H and O–H groups in total. The molecule has 144 valence electrons. The van der Waals surface area contributed by atoms with Crippen molar-refractivity contribution in [2.45, 2.75) is 36.0 Å². The molecule has 0 aliphatic heterocycles. The SMILES string of the molecule is CCOC(=O)C(Nc1ccc(F)cc1F)c1ccc(S(=O)(=O)C2CC2)cc1. The Kier molecular flexibility index (Phi) is 5.46. The zero-order chi connectivity index (χ0) is 19.6. The van der Waals surface area contributed by atoms with Gasteiger partial charge in [0.15, 0.2) is 15.9 Å². The minimum Gasteiger partial charge on any atom is -0.464 e. The van der Waals surface area contributed by atoms with Crippen LogP contribution in [0.25, 0.3) is 0 Å². The van der Waals surface area contributed by atoms with Gasteiger partial charge in [-0.15, -0.1) is 0 Å². The minimum atomic E-state index is -3.35.